The van der Waals surface area contributed by atoms with Crippen LogP contribution in [0.4, 0.5) is 5.69 Å². The minimum atomic E-state index is -3.71. The van der Waals surface area contributed by atoms with E-state index in [9.17, 15) is 13.2 Å². The molecule has 146 valence electrons. The smallest absolute Gasteiger partial charge is 0.261 e. The first kappa shape index (κ1) is 19.6. The fourth-order valence-corrected chi connectivity index (χ4v) is 3.80. The first-order valence-electron chi connectivity index (χ1n) is 8.88. The number of carbonyl (C=O) groups excluding carboxylic acids is 1. The largest absolute Gasteiger partial charge is 0.352 e. The lowest BCUT2D eigenvalue weighted by Gasteiger charge is -2.12. The summed E-state index contributed by atoms with van der Waals surface area (Å²) >= 11 is 0. The Morgan fingerprint density at radius 3 is 2.64 bits per heavy atom. The number of amides is 1. The number of sulfonamides is 1. The van der Waals surface area contributed by atoms with Crippen molar-refractivity contribution in [2.75, 3.05) is 11.3 Å². The van der Waals surface area contributed by atoms with E-state index in [0.29, 0.717) is 17.8 Å². The molecule has 0 bridgehead atoms. The Hall–Kier alpha value is -3.13. The van der Waals surface area contributed by atoms with Crippen molar-refractivity contribution in [2.24, 2.45) is 0 Å². The number of imidazole rings is 1. The van der Waals surface area contributed by atoms with Gasteiger partial charge in [-0.1, -0.05) is 24.3 Å². The third-order valence-corrected chi connectivity index (χ3v) is 5.62. The summed E-state index contributed by atoms with van der Waals surface area (Å²) in [6.07, 6.45) is 6.07. The van der Waals surface area contributed by atoms with Crippen LogP contribution in [0.3, 0.4) is 0 Å². The molecule has 1 amide bonds. The second-order valence-electron chi connectivity index (χ2n) is 6.36. The van der Waals surface area contributed by atoms with Crippen molar-refractivity contribution >= 4 is 21.6 Å². The molecule has 3 rings (SSSR count). The molecule has 3 aromatic rings. The Morgan fingerprint density at radius 2 is 1.93 bits per heavy atom. The Morgan fingerprint density at radius 1 is 1.14 bits per heavy atom. The Balaban J connectivity index is 1.64. The van der Waals surface area contributed by atoms with E-state index in [-0.39, 0.29) is 10.8 Å². The standard InChI is InChI=1S/C20H22N4O3S/c1-16-8-9-17(20(25)22-10-5-12-24-13-11-21-15-24)14-19(16)23-28(26,27)18-6-3-2-4-7-18/h2-4,6-9,11,13-15,23H,5,10,12H2,1H3,(H,22,25). The van der Waals surface area contributed by atoms with Gasteiger partial charge in [0.05, 0.1) is 16.9 Å². The first-order chi connectivity index (χ1) is 13.5. The molecular formula is C20H22N4O3S. The van der Waals surface area contributed by atoms with Gasteiger partial charge in [0.25, 0.3) is 15.9 Å². The van der Waals surface area contributed by atoms with E-state index >= 15 is 0 Å². The number of nitrogens with zero attached hydrogens (tertiary/aromatic N) is 2. The Kier molecular flexibility index (Phi) is 6.10. The highest BCUT2D eigenvalue weighted by Crippen LogP contribution is 2.21. The number of hydrogen-bond acceptors (Lipinski definition) is 4. The van der Waals surface area contributed by atoms with Crippen LogP contribution in [0.1, 0.15) is 22.3 Å². The number of aryl methyl sites for hydroxylation is 2. The van der Waals surface area contributed by atoms with Crippen molar-refractivity contribution in [1.82, 2.24) is 14.9 Å². The van der Waals surface area contributed by atoms with E-state index in [1.807, 2.05) is 10.8 Å². The molecule has 8 heteroatoms. The highest BCUT2D eigenvalue weighted by molar-refractivity contribution is 7.92. The maximum Gasteiger partial charge on any atom is 0.261 e. The van der Waals surface area contributed by atoms with E-state index in [1.165, 1.54) is 12.1 Å². The highest BCUT2D eigenvalue weighted by atomic mass is 32.2. The van der Waals surface area contributed by atoms with Crippen molar-refractivity contribution in [1.29, 1.82) is 0 Å². The number of carbonyl (C=O) groups is 1. The third-order valence-electron chi connectivity index (χ3n) is 4.24. The number of hydrogen-bond donors (Lipinski definition) is 2. The fourth-order valence-electron chi connectivity index (χ4n) is 2.66. The summed E-state index contributed by atoms with van der Waals surface area (Å²) in [6.45, 7) is 3.06. The summed E-state index contributed by atoms with van der Waals surface area (Å²) in [7, 11) is -3.71. The third kappa shape index (κ3) is 4.98. The average Bonchev–Trinajstić information content (AvgIpc) is 3.21. The summed E-state index contributed by atoms with van der Waals surface area (Å²) in [5.74, 6) is -0.245. The minimum absolute atomic E-state index is 0.170. The molecule has 2 aromatic carbocycles. The quantitative estimate of drug-likeness (QED) is 0.571. The van der Waals surface area contributed by atoms with Crippen molar-refractivity contribution in [3.63, 3.8) is 0 Å². The van der Waals surface area contributed by atoms with Gasteiger partial charge in [0.2, 0.25) is 0 Å². The molecule has 1 heterocycles. The lowest BCUT2D eigenvalue weighted by Crippen LogP contribution is -2.25. The van der Waals surface area contributed by atoms with Gasteiger partial charge in [-0.05, 0) is 43.2 Å². The van der Waals surface area contributed by atoms with Gasteiger partial charge in [-0.2, -0.15) is 0 Å². The molecule has 0 fully saturated rings. The van der Waals surface area contributed by atoms with Crippen molar-refractivity contribution < 1.29 is 13.2 Å². The van der Waals surface area contributed by atoms with Gasteiger partial charge in [-0.3, -0.25) is 9.52 Å². The maximum atomic E-state index is 12.5. The summed E-state index contributed by atoms with van der Waals surface area (Å²) < 4.78 is 29.6. The van der Waals surface area contributed by atoms with E-state index in [0.717, 1.165) is 18.5 Å². The van der Waals surface area contributed by atoms with E-state index in [4.69, 9.17) is 0 Å². The molecule has 0 aliphatic carbocycles. The number of nitrogens with one attached hydrogen (secondary N) is 2. The zero-order chi connectivity index (χ0) is 20.0. The van der Waals surface area contributed by atoms with Crippen LogP contribution in [0.2, 0.25) is 0 Å². The zero-order valence-electron chi connectivity index (χ0n) is 15.5. The molecule has 0 atom stereocenters. The number of rotatable bonds is 8. The Labute approximate surface area is 164 Å². The summed E-state index contributed by atoms with van der Waals surface area (Å²) in [6, 6.07) is 13.1. The van der Waals surface area contributed by atoms with Crippen molar-refractivity contribution in [3.05, 3.63) is 78.4 Å². The van der Waals surface area contributed by atoms with Gasteiger partial charge in [0.1, 0.15) is 0 Å². The van der Waals surface area contributed by atoms with Crippen LogP contribution in [0.15, 0.2) is 72.1 Å². The van der Waals surface area contributed by atoms with Crippen LogP contribution in [0.5, 0.6) is 0 Å². The summed E-state index contributed by atoms with van der Waals surface area (Å²) in [5, 5.41) is 2.85. The van der Waals surface area contributed by atoms with E-state index < -0.39 is 10.0 Å². The monoisotopic (exact) mass is 398 g/mol. The number of anilines is 1. The molecule has 0 unspecified atom stereocenters. The SMILES string of the molecule is Cc1ccc(C(=O)NCCCn2ccnc2)cc1NS(=O)(=O)c1ccccc1. The molecule has 0 aliphatic heterocycles. The lowest BCUT2D eigenvalue weighted by molar-refractivity contribution is 0.0952. The molecule has 2 N–H and O–H groups in total. The molecule has 1 aromatic heterocycles. The van der Waals surface area contributed by atoms with Crippen LogP contribution in [-0.4, -0.2) is 30.4 Å². The topological polar surface area (TPSA) is 93.1 Å². The van der Waals surface area contributed by atoms with Gasteiger partial charge < -0.3 is 9.88 Å². The molecule has 0 spiro atoms. The molecular weight excluding hydrogens is 376 g/mol. The molecule has 0 saturated carbocycles. The molecule has 0 saturated heterocycles. The van der Waals surface area contributed by atoms with Gasteiger partial charge in [0, 0.05) is 31.0 Å². The van der Waals surface area contributed by atoms with Crippen LogP contribution >= 0.6 is 0 Å². The minimum Gasteiger partial charge on any atom is -0.352 e. The van der Waals surface area contributed by atoms with Crippen LogP contribution in [-0.2, 0) is 16.6 Å². The normalized spacial score (nSPS) is 11.2. The molecule has 28 heavy (non-hydrogen) atoms. The fraction of sp³-hybridized carbons (Fsp3) is 0.200. The Bertz CT molecular complexity index is 1030. The van der Waals surface area contributed by atoms with Crippen LogP contribution in [0.25, 0.3) is 0 Å². The van der Waals surface area contributed by atoms with Gasteiger partial charge in [-0.25, -0.2) is 13.4 Å². The molecule has 0 aliphatic rings. The lowest BCUT2D eigenvalue weighted by atomic mass is 10.1. The van der Waals surface area contributed by atoms with Crippen LogP contribution < -0.4 is 10.0 Å². The second-order valence-corrected chi connectivity index (χ2v) is 8.04. The first-order valence-corrected chi connectivity index (χ1v) is 10.4. The van der Waals surface area contributed by atoms with Gasteiger partial charge >= 0.3 is 0 Å². The molecule has 0 radical (unpaired) electrons. The predicted octanol–water partition coefficient (Wildman–Crippen LogP) is 2.81. The van der Waals surface area contributed by atoms with E-state index in [2.05, 4.69) is 15.0 Å². The van der Waals surface area contributed by atoms with Gasteiger partial charge in [-0.15, -0.1) is 0 Å². The summed E-state index contributed by atoms with van der Waals surface area (Å²) in [4.78, 5) is 16.5. The number of benzene rings is 2. The zero-order valence-corrected chi connectivity index (χ0v) is 16.3. The molecule has 7 nitrogen and oxygen atoms in total. The highest BCUT2D eigenvalue weighted by Gasteiger charge is 2.16. The average molecular weight is 398 g/mol. The number of aromatic nitrogens is 2. The maximum absolute atomic E-state index is 12.5. The van der Waals surface area contributed by atoms with Gasteiger partial charge in [0.15, 0.2) is 0 Å². The van der Waals surface area contributed by atoms with Crippen molar-refractivity contribution in [2.45, 2.75) is 24.8 Å². The predicted molar refractivity (Wildman–Crippen MR) is 108 cm³/mol. The van der Waals surface area contributed by atoms with Crippen molar-refractivity contribution in [3.8, 4) is 0 Å². The van der Waals surface area contributed by atoms with Crippen LogP contribution in [0, 0.1) is 6.92 Å². The summed E-state index contributed by atoms with van der Waals surface area (Å²) in [5.41, 5.74) is 1.52. The second kappa shape index (κ2) is 8.71. The van der Waals surface area contributed by atoms with E-state index in [1.54, 1.807) is 55.8 Å².